The van der Waals surface area contributed by atoms with Crippen LogP contribution in [0.5, 0.6) is 0 Å². The Morgan fingerprint density at radius 1 is 1.69 bits per heavy atom. The van der Waals surface area contributed by atoms with E-state index >= 15 is 0 Å². The molecule has 6 heteroatoms. The highest BCUT2D eigenvalue weighted by atomic mass is 32.1. The number of amides is 1. The number of hydrogen-bond acceptors (Lipinski definition) is 3. The summed E-state index contributed by atoms with van der Waals surface area (Å²) in [6.45, 7) is 3.91. The summed E-state index contributed by atoms with van der Waals surface area (Å²) in [7, 11) is 0. The second-order valence-corrected chi connectivity index (χ2v) is 5.34. The summed E-state index contributed by atoms with van der Waals surface area (Å²) in [5.41, 5.74) is 4.85. The maximum Gasteiger partial charge on any atom is 0.219 e. The molecule has 1 aliphatic rings. The molecule has 1 aromatic heterocycles. The number of nitrogens with two attached hydrogens (primary N) is 1. The van der Waals surface area contributed by atoms with Gasteiger partial charge in [-0.25, -0.2) is 0 Å². The number of nitrogens with one attached hydrogen (secondary N) is 1. The van der Waals surface area contributed by atoms with E-state index < -0.39 is 5.54 Å². The van der Waals surface area contributed by atoms with Crippen LogP contribution in [0.1, 0.15) is 44.9 Å². The Hall–Kier alpha value is -1.17. The number of aromatic amines is 1. The second kappa shape index (κ2) is 3.69. The van der Waals surface area contributed by atoms with Gasteiger partial charge in [-0.15, -0.1) is 0 Å². The van der Waals surface area contributed by atoms with Gasteiger partial charge in [-0.1, -0.05) is 0 Å². The van der Waals surface area contributed by atoms with Crippen LogP contribution in [0.3, 0.4) is 0 Å². The molecule has 1 aromatic rings. The maximum atomic E-state index is 11.1. The van der Waals surface area contributed by atoms with Crippen LogP contribution in [-0.4, -0.2) is 20.7 Å². The lowest BCUT2D eigenvalue weighted by Crippen LogP contribution is -2.33. The molecule has 0 atom stereocenters. The highest BCUT2D eigenvalue weighted by molar-refractivity contribution is 7.71. The van der Waals surface area contributed by atoms with Gasteiger partial charge in [0.05, 0.1) is 5.54 Å². The number of hydrogen-bond donors (Lipinski definition) is 2. The first-order valence-corrected chi connectivity index (χ1v) is 5.79. The SMILES string of the molecule is CC(C)(CC(N)=O)n1c(C2CC2)n[nH]c1=S. The molecule has 0 bridgehead atoms. The van der Waals surface area contributed by atoms with Crippen molar-refractivity contribution in [2.24, 2.45) is 5.73 Å². The molecule has 2 rings (SSSR count). The molecule has 0 spiro atoms. The lowest BCUT2D eigenvalue weighted by Gasteiger charge is -2.26. The fourth-order valence-electron chi connectivity index (χ4n) is 2.01. The molecule has 16 heavy (non-hydrogen) atoms. The average molecular weight is 240 g/mol. The van der Waals surface area contributed by atoms with Crippen molar-refractivity contribution in [1.29, 1.82) is 0 Å². The minimum Gasteiger partial charge on any atom is -0.370 e. The molecule has 1 fully saturated rings. The highest BCUT2D eigenvalue weighted by Gasteiger charge is 2.34. The van der Waals surface area contributed by atoms with E-state index in [0.717, 1.165) is 18.7 Å². The van der Waals surface area contributed by atoms with Crippen LogP contribution in [0.15, 0.2) is 0 Å². The third-order valence-corrected chi connectivity index (χ3v) is 3.13. The summed E-state index contributed by atoms with van der Waals surface area (Å²) in [4.78, 5) is 11.1. The third kappa shape index (κ3) is 2.02. The van der Waals surface area contributed by atoms with Crippen molar-refractivity contribution < 1.29 is 4.79 Å². The summed E-state index contributed by atoms with van der Waals surface area (Å²) in [6, 6.07) is 0. The van der Waals surface area contributed by atoms with Crippen LogP contribution < -0.4 is 5.73 Å². The Labute approximate surface area is 99.0 Å². The van der Waals surface area contributed by atoms with Crippen molar-refractivity contribution in [3.05, 3.63) is 10.6 Å². The zero-order valence-electron chi connectivity index (χ0n) is 9.49. The molecule has 1 heterocycles. The Morgan fingerprint density at radius 3 is 2.81 bits per heavy atom. The molecule has 0 unspecified atom stereocenters. The number of nitrogens with zero attached hydrogens (tertiary/aromatic N) is 2. The van der Waals surface area contributed by atoms with Gasteiger partial charge in [-0.2, -0.15) is 5.10 Å². The number of carbonyl (C=O) groups is 1. The van der Waals surface area contributed by atoms with Gasteiger partial charge in [0.1, 0.15) is 5.82 Å². The van der Waals surface area contributed by atoms with Crippen LogP contribution in [0.25, 0.3) is 0 Å². The van der Waals surface area contributed by atoms with E-state index in [1.165, 1.54) is 0 Å². The number of H-pyrrole nitrogens is 1. The van der Waals surface area contributed by atoms with Gasteiger partial charge in [0.15, 0.2) is 4.77 Å². The minimum absolute atomic E-state index is 0.264. The molecule has 3 N–H and O–H groups in total. The van der Waals surface area contributed by atoms with Crippen LogP contribution in [-0.2, 0) is 10.3 Å². The number of rotatable bonds is 4. The fourth-order valence-corrected chi connectivity index (χ4v) is 2.40. The van der Waals surface area contributed by atoms with Crippen molar-refractivity contribution in [1.82, 2.24) is 14.8 Å². The normalized spacial score (nSPS) is 16.4. The summed E-state index contributed by atoms with van der Waals surface area (Å²) < 4.78 is 2.50. The summed E-state index contributed by atoms with van der Waals surface area (Å²) >= 11 is 5.21. The Morgan fingerprint density at radius 2 is 2.31 bits per heavy atom. The predicted octanol–water partition coefficient (Wildman–Crippen LogP) is 1.43. The number of carbonyl (C=O) groups excluding carboxylic acids is 1. The quantitative estimate of drug-likeness (QED) is 0.782. The Bertz CT molecular complexity index is 469. The first kappa shape index (κ1) is 11.3. The van der Waals surface area contributed by atoms with Crippen molar-refractivity contribution in [2.75, 3.05) is 0 Å². The largest absolute Gasteiger partial charge is 0.370 e. The highest BCUT2D eigenvalue weighted by Crippen LogP contribution is 2.40. The molecular formula is C10H16N4OS. The van der Waals surface area contributed by atoms with Gasteiger partial charge < -0.3 is 5.73 Å². The fraction of sp³-hybridized carbons (Fsp3) is 0.700. The molecule has 88 valence electrons. The molecular weight excluding hydrogens is 224 g/mol. The van der Waals surface area contributed by atoms with Crippen molar-refractivity contribution in [3.8, 4) is 0 Å². The van der Waals surface area contributed by atoms with E-state index in [0.29, 0.717) is 10.7 Å². The second-order valence-electron chi connectivity index (χ2n) is 4.95. The number of aromatic nitrogens is 3. The van der Waals surface area contributed by atoms with Gasteiger partial charge in [0.2, 0.25) is 5.91 Å². The van der Waals surface area contributed by atoms with Gasteiger partial charge >= 0.3 is 0 Å². The van der Waals surface area contributed by atoms with E-state index in [1.807, 2.05) is 18.4 Å². The van der Waals surface area contributed by atoms with Crippen molar-refractivity contribution in [3.63, 3.8) is 0 Å². The standard InChI is InChI=1S/C10H16N4OS/c1-10(2,5-7(11)15)14-8(6-3-4-6)12-13-9(14)16/h6H,3-5H2,1-2H3,(H2,11,15)(H,13,16). The average Bonchev–Trinajstić information content (AvgIpc) is 2.87. The predicted molar refractivity (Wildman–Crippen MR) is 62.5 cm³/mol. The van der Waals surface area contributed by atoms with E-state index in [2.05, 4.69) is 10.2 Å². The van der Waals surface area contributed by atoms with Crippen LogP contribution in [0.2, 0.25) is 0 Å². The van der Waals surface area contributed by atoms with Crippen LogP contribution in [0, 0.1) is 4.77 Å². The van der Waals surface area contributed by atoms with E-state index in [9.17, 15) is 4.79 Å². The summed E-state index contributed by atoms with van der Waals surface area (Å²) in [6.07, 6.45) is 2.55. The first-order valence-electron chi connectivity index (χ1n) is 5.38. The van der Waals surface area contributed by atoms with E-state index in [-0.39, 0.29) is 12.3 Å². The van der Waals surface area contributed by atoms with Gasteiger partial charge in [0, 0.05) is 12.3 Å². The zero-order chi connectivity index (χ0) is 11.9. The molecule has 0 saturated heterocycles. The molecule has 1 saturated carbocycles. The van der Waals surface area contributed by atoms with Gasteiger partial charge in [-0.3, -0.25) is 14.5 Å². The molecule has 0 radical (unpaired) electrons. The first-order chi connectivity index (χ1) is 7.42. The molecule has 5 nitrogen and oxygen atoms in total. The molecule has 1 aliphatic carbocycles. The maximum absolute atomic E-state index is 11.1. The van der Waals surface area contributed by atoms with E-state index in [1.54, 1.807) is 0 Å². The number of primary amides is 1. The Balaban J connectivity index is 2.41. The minimum atomic E-state index is -0.409. The summed E-state index contributed by atoms with van der Waals surface area (Å²) in [5, 5.41) is 7.05. The van der Waals surface area contributed by atoms with Crippen molar-refractivity contribution in [2.45, 2.75) is 44.6 Å². The third-order valence-electron chi connectivity index (χ3n) is 2.85. The van der Waals surface area contributed by atoms with E-state index in [4.69, 9.17) is 18.0 Å². The molecule has 0 aromatic carbocycles. The van der Waals surface area contributed by atoms with Gasteiger partial charge in [0.25, 0.3) is 0 Å². The molecule has 0 aliphatic heterocycles. The van der Waals surface area contributed by atoms with Crippen LogP contribution in [0.4, 0.5) is 0 Å². The Kier molecular flexibility index (Phi) is 2.61. The monoisotopic (exact) mass is 240 g/mol. The lowest BCUT2D eigenvalue weighted by molar-refractivity contribution is -0.119. The van der Waals surface area contributed by atoms with Crippen LogP contribution >= 0.6 is 12.2 Å². The zero-order valence-corrected chi connectivity index (χ0v) is 10.3. The lowest BCUT2D eigenvalue weighted by atomic mass is 9.99. The summed E-state index contributed by atoms with van der Waals surface area (Å²) in [5.74, 6) is 1.12. The smallest absolute Gasteiger partial charge is 0.219 e. The molecule has 1 amide bonds. The van der Waals surface area contributed by atoms with Gasteiger partial charge in [-0.05, 0) is 38.9 Å². The van der Waals surface area contributed by atoms with Crippen molar-refractivity contribution >= 4 is 18.1 Å². The topological polar surface area (TPSA) is 76.7 Å².